The molecule has 2 N–H and O–H groups in total. The van der Waals surface area contributed by atoms with E-state index in [1.165, 1.54) is 5.56 Å². The predicted octanol–water partition coefficient (Wildman–Crippen LogP) is 1.98. The van der Waals surface area contributed by atoms with Gasteiger partial charge in [0.2, 0.25) is 5.91 Å². The molecule has 1 amide bonds. The first-order chi connectivity index (χ1) is 8.53. The van der Waals surface area contributed by atoms with Crippen LogP contribution in [0.4, 0.5) is 0 Å². The first kappa shape index (κ1) is 14.7. The van der Waals surface area contributed by atoms with Gasteiger partial charge in [-0.2, -0.15) is 0 Å². The number of aryl methyl sites for hydroxylation is 1. The summed E-state index contributed by atoms with van der Waals surface area (Å²) >= 11 is 0. The summed E-state index contributed by atoms with van der Waals surface area (Å²) in [6.07, 6.45) is 1.36. The molecule has 1 rings (SSSR count). The molecule has 0 aliphatic rings. The number of nitrogens with one attached hydrogen (secondary N) is 2. The van der Waals surface area contributed by atoms with E-state index in [1.54, 1.807) is 0 Å². The monoisotopic (exact) mass is 248 g/mol. The second-order valence-electron chi connectivity index (χ2n) is 5.46. The number of rotatable bonds is 7. The summed E-state index contributed by atoms with van der Waals surface area (Å²) in [6, 6.07) is 10.1. The molecule has 3 heteroatoms. The number of carbonyl (C=O) groups is 1. The molecule has 1 aromatic rings. The van der Waals surface area contributed by atoms with Crippen molar-refractivity contribution in [1.29, 1.82) is 0 Å². The average molecular weight is 248 g/mol. The first-order valence-corrected chi connectivity index (χ1v) is 6.49. The van der Waals surface area contributed by atoms with Crippen LogP contribution in [0, 0.1) is 5.41 Å². The molecule has 100 valence electrons. The highest BCUT2D eigenvalue weighted by molar-refractivity contribution is 5.76. The normalized spacial score (nSPS) is 11.3. The minimum Gasteiger partial charge on any atom is -0.356 e. The third-order valence-electron chi connectivity index (χ3n) is 2.90. The molecule has 0 aliphatic heterocycles. The molecule has 0 radical (unpaired) electrons. The number of carbonyl (C=O) groups excluding carboxylic acids is 1. The molecule has 0 saturated heterocycles. The summed E-state index contributed by atoms with van der Waals surface area (Å²) in [6.45, 7) is 5.88. The Balaban J connectivity index is 2.26. The lowest BCUT2D eigenvalue weighted by Crippen LogP contribution is -2.39. The molecule has 0 unspecified atom stereocenters. The van der Waals surface area contributed by atoms with Crippen molar-refractivity contribution in [3.05, 3.63) is 35.9 Å². The van der Waals surface area contributed by atoms with Gasteiger partial charge in [0, 0.05) is 19.5 Å². The largest absolute Gasteiger partial charge is 0.356 e. The highest BCUT2D eigenvalue weighted by Crippen LogP contribution is 2.11. The Hall–Kier alpha value is -1.35. The second kappa shape index (κ2) is 7.17. The van der Waals surface area contributed by atoms with Crippen LogP contribution in [0.5, 0.6) is 0 Å². The number of hydrogen-bond donors (Lipinski definition) is 2. The third-order valence-corrected chi connectivity index (χ3v) is 2.90. The third kappa shape index (κ3) is 5.82. The van der Waals surface area contributed by atoms with Gasteiger partial charge in [-0.25, -0.2) is 0 Å². The SMILES string of the molecule is CNCC(C)(C)CNC(=O)CCc1ccccc1. The minimum atomic E-state index is 0.0944. The van der Waals surface area contributed by atoms with Crippen molar-refractivity contribution >= 4 is 5.91 Å². The smallest absolute Gasteiger partial charge is 0.220 e. The quantitative estimate of drug-likeness (QED) is 0.774. The van der Waals surface area contributed by atoms with Crippen molar-refractivity contribution in [2.24, 2.45) is 5.41 Å². The Kier molecular flexibility index (Phi) is 5.86. The Morgan fingerprint density at radius 3 is 2.44 bits per heavy atom. The summed E-state index contributed by atoms with van der Waals surface area (Å²) in [5, 5.41) is 6.14. The molecule has 0 fully saturated rings. The van der Waals surface area contributed by atoms with E-state index in [0.29, 0.717) is 13.0 Å². The van der Waals surface area contributed by atoms with Gasteiger partial charge in [-0.05, 0) is 24.4 Å². The van der Waals surface area contributed by atoms with E-state index >= 15 is 0 Å². The van der Waals surface area contributed by atoms with Crippen LogP contribution in [-0.2, 0) is 11.2 Å². The second-order valence-corrected chi connectivity index (χ2v) is 5.46. The van der Waals surface area contributed by atoms with E-state index in [9.17, 15) is 4.79 Å². The molecule has 0 spiro atoms. The zero-order chi connectivity index (χ0) is 13.4. The maximum Gasteiger partial charge on any atom is 0.220 e. The van der Waals surface area contributed by atoms with Crippen LogP contribution >= 0.6 is 0 Å². The Morgan fingerprint density at radius 1 is 1.17 bits per heavy atom. The topological polar surface area (TPSA) is 41.1 Å². The van der Waals surface area contributed by atoms with Crippen molar-refractivity contribution in [3.8, 4) is 0 Å². The van der Waals surface area contributed by atoms with Gasteiger partial charge in [0.05, 0.1) is 0 Å². The zero-order valence-electron chi connectivity index (χ0n) is 11.6. The minimum absolute atomic E-state index is 0.0944. The standard InChI is InChI=1S/C15H24N2O/c1-15(2,11-16-3)12-17-14(18)10-9-13-7-5-4-6-8-13/h4-8,16H,9-12H2,1-3H3,(H,17,18). The fourth-order valence-electron chi connectivity index (χ4n) is 1.87. The summed E-state index contributed by atoms with van der Waals surface area (Å²) in [7, 11) is 1.93. The van der Waals surface area contributed by atoms with Crippen LogP contribution in [0.25, 0.3) is 0 Å². The molecule has 18 heavy (non-hydrogen) atoms. The van der Waals surface area contributed by atoms with E-state index < -0.39 is 0 Å². The molecule has 1 aromatic carbocycles. The van der Waals surface area contributed by atoms with E-state index in [2.05, 4.69) is 36.6 Å². The van der Waals surface area contributed by atoms with Crippen LogP contribution in [0.2, 0.25) is 0 Å². The van der Waals surface area contributed by atoms with Gasteiger partial charge in [-0.3, -0.25) is 4.79 Å². The summed E-state index contributed by atoms with van der Waals surface area (Å²) < 4.78 is 0. The van der Waals surface area contributed by atoms with Gasteiger partial charge in [0.1, 0.15) is 0 Å². The highest BCUT2D eigenvalue weighted by Gasteiger charge is 2.17. The highest BCUT2D eigenvalue weighted by atomic mass is 16.1. The van der Waals surface area contributed by atoms with Crippen LogP contribution in [0.1, 0.15) is 25.8 Å². The first-order valence-electron chi connectivity index (χ1n) is 6.49. The van der Waals surface area contributed by atoms with Gasteiger partial charge < -0.3 is 10.6 Å². The van der Waals surface area contributed by atoms with Crippen molar-refractivity contribution in [2.75, 3.05) is 20.1 Å². The van der Waals surface area contributed by atoms with Crippen LogP contribution < -0.4 is 10.6 Å². The fourth-order valence-corrected chi connectivity index (χ4v) is 1.87. The van der Waals surface area contributed by atoms with Crippen molar-refractivity contribution in [1.82, 2.24) is 10.6 Å². The Bertz CT molecular complexity index is 360. The van der Waals surface area contributed by atoms with Gasteiger partial charge in [0.15, 0.2) is 0 Å². The number of amides is 1. The van der Waals surface area contributed by atoms with Crippen LogP contribution in [0.15, 0.2) is 30.3 Å². The summed E-state index contributed by atoms with van der Waals surface area (Å²) in [5.41, 5.74) is 1.30. The summed E-state index contributed by atoms with van der Waals surface area (Å²) in [4.78, 5) is 11.7. The lowest BCUT2D eigenvalue weighted by atomic mass is 9.93. The van der Waals surface area contributed by atoms with Crippen molar-refractivity contribution in [2.45, 2.75) is 26.7 Å². The Morgan fingerprint density at radius 2 is 1.83 bits per heavy atom. The van der Waals surface area contributed by atoms with Gasteiger partial charge in [-0.15, -0.1) is 0 Å². The van der Waals surface area contributed by atoms with Crippen molar-refractivity contribution < 1.29 is 4.79 Å². The lowest BCUT2D eigenvalue weighted by molar-refractivity contribution is -0.121. The van der Waals surface area contributed by atoms with E-state index in [0.717, 1.165) is 13.0 Å². The molecule has 0 atom stereocenters. The maximum absolute atomic E-state index is 11.7. The molecule has 0 heterocycles. The molecule has 0 aliphatic carbocycles. The maximum atomic E-state index is 11.7. The predicted molar refractivity (Wildman–Crippen MR) is 75.5 cm³/mol. The molecular weight excluding hydrogens is 224 g/mol. The van der Waals surface area contributed by atoms with Gasteiger partial charge in [-0.1, -0.05) is 44.2 Å². The lowest BCUT2D eigenvalue weighted by Gasteiger charge is -2.24. The molecule has 0 bridgehead atoms. The van der Waals surface area contributed by atoms with E-state index in [-0.39, 0.29) is 11.3 Å². The van der Waals surface area contributed by atoms with Gasteiger partial charge in [0.25, 0.3) is 0 Å². The zero-order valence-corrected chi connectivity index (χ0v) is 11.6. The summed E-state index contributed by atoms with van der Waals surface area (Å²) in [5.74, 6) is 0.128. The molecule has 0 saturated carbocycles. The number of hydrogen-bond acceptors (Lipinski definition) is 2. The average Bonchev–Trinajstić information content (AvgIpc) is 2.35. The van der Waals surface area contributed by atoms with Crippen LogP contribution in [0.3, 0.4) is 0 Å². The van der Waals surface area contributed by atoms with Crippen LogP contribution in [-0.4, -0.2) is 26.0 Å². The van der Waals surface area contributed by atoms with Crippen molar-refractivity contribution in [3.63, 3.8) is 0 Å². The Labute approximate surface area is 110 Å². The van der Waals surface area contributed by atoms with E-state index in [4.69, 9.17) is 0 Å². The van der Waals surface area contributed by atoms with Gasteiger partial charge >= 0.3 is 0 Å². The molecule has 3 nitrogen and oxygen atoms in total. The number of benzene rings is 1. The fraction of sp³-hybridized carbons (Fsp3) is 0.533. The van der Waals surface area contributed by atoms with E-state index in [1.807, 2.05) is 25.2 Å². The molecular formula is C15H24N2O. The molecule has 0 aromatic heterocycles.